The molecule has 0 fully saturated rings. The number of hydrogen-bond donors (Lipinski definition) is 1. The summed E-state index contributed by atoms with van der Waals surface area (Å²) in [6.07, 6.45) is -0.186. The van der Waals surface area contributed by atoms with E-state index < -0.39 is 0 Å². The van der Waals surface area contributed by atoms with Crippen LogP contribution >= 0.6 is 0 Å². The lowest BCUT2D eigenvalue weighted by atomic mass is 9.86. The van der Waals surface area contributed by atoms with E-state index in [-0.39, 0.29) is 29.2 Å². The Hall–Kier alpha value is -2.46. The Morgan fingerprint density at radius 1 is 0.870 bits per heavy atom. The van der Waals surface area contributed by atoms with Crippen molar-refractivity contribution in [1.82, 2.24) is 0 Å². The van der Waals surface area contributed by atoms with Crippen molar-refractivity contribution >= 4 is 11.6 Å². The summed E-state index contributed by atoms with van der Waals surface area (Å²) < 4.78 is 0. The van der Waals surface area contributed by atoms with Crippen LogP contribution in [0.5, 0.6) is 5.75 Å². The number of hydrogen-bond acceptors (Lipinski definition) is 4. The van der Waals surface area contributed by atoms with E-state index in [1.54, 1.807) is 12.1 Å². The van der Waals surface area contributed by atoms with Crippen molar-refractivity contribution in [3.8, 4) is 5.75 Å². The molecule has 23 heavy (non-hydrogen) atoms. The number of benzene rings is 2. The Morgan fingerprint density at radius 2 is 1.30 bits per heavy atom. The zero-order valence-electron chi connectivity index (χ0n) is 13.5. The van der Waals surface area contributed by atoms with Gasteiger partial charge in [-0.3, -0.25) is 9.59 Å². The Bertz CT molecular complexity index is 692. The van der Waals surface area contributed by atoms with Crippen molar-refractivity contribution < 1.29 is 19.7 Å². The zero-order chi connectivity index (χ0) is 17.0. The summed E-state index contributed by atoms with van der Waals surface area (Å²) in [6.45, 7) is 6.31. The van der Waals surface area contributed by atoms with Crippen molar-refractivity contribution in [2.75, 3.05) is 0 Å². The van der Waals surface area contributed by atoms with E-state index in [1.165, 1.54) is 24.3 Å². The topological polar surface area (TPSA) is 63.6 Å². The molecule has 0 aliphatic heterocycles. The summed E-state index contributed by atoms with van der Waals surface area (Å²) in [5.74, 6) is -0.233. The van der Waals surface area contributed by atoms with Crippen LogP contribution in [0, 0.1) is 0 Å². The quantitative estimate of drug-likeness (QED) is 0.387. The van der Waals surface area contributed by atoms with Gasteiger partial charge in [-0.15, -0.1) is 0 Å². The van der Waals surface area contributed by atoms with Gasteiger partial charge in [0.05, 0.1) is 6.42 Å². The maximum Gasteiger partial charge on any atom is 0.170 e. The third-order valence-electron chi connectivity index (χ3n) is 3.68. The molecule has 2 aromatic rings. The summed E-state index contributed by atoms with van der Waals surface area (Å²) in [6, 6.07) is 13.3. The number of carbonyl (C=O) groups excluding carboxylic acids is 2. The Kier molecular flexibility index (Phi) is 4.96. The highest BCUT2D eigenvalue weighted by Crippen LogP contribution is 2.22. The molecule has 4 heteroatoms. The van der Waals surface area contributed by atoms with Gasteiger partial charge in [0, 0.05) is 11.1 Å². The van der Waals surface area contributed by atoms with Crippen LogP contribution in [-0.2, 0) is 5.41 Å². The first-order valence-corrected chi connectivity index (χ1v) is 7.39. The van der Waals surface area contributed by atoms with Crippen molar-refractivity contribution in [3.63, 3.8) is 0 Å². The highest BCUT2D eigenvalue weighted by molar-refractivity contribution is 6.13. The van der Waals surface area contributed by atoms with Crippen molar-refractivity contribution in [3.05, 3.63) is 65.2 Å². The third-order valence-corrected chi connectivity index (χ3v) is 3.68. The Labute approximate surface area is 135 Å². The lowest BCUT2D eigenvalue weighted by molar-refractivity contribution is -0.137. The van der Waals surface area contributed by atoms with Crippen LogP contribution in [-0.4, -0.2) is 16.8 Å². The molecular weight excluding hydrogens is 292 g/mol. The van der Waals surface area contributed by atoms with Gasteiger partial charge in [0.2, 0.25) is 0 Å². The normalized spacial score (nSPS) is 11.1. The molecule has 2 aromatic carbocycles. The highest BCUT2D eigenvalue weighted by atomic mass is 17.1. The van der Waals surface area contributed by atoms with Gasteiger partial charge in [-0.05, 0) is 35.2 Å². The number of carbonyl (C=O) groups is 2. The Balaban J connectivity index is 2.07. The lowest BCUT2D eigenvalue weighted by Crippen LogP contribution is -2.12. The summed E-state index contributed by atoms with van der Waals surface area (Å²) in [5.41, 5.74) is 2.10. The van der Waals surface area contributed by atoms with Gasteiger partial charge in [0.15, 0.2) is 17.3 Å². The van der Waals surface area contributed by atoms with Gasteiger partial charge in [0.25, 0.3) is 0 Å². The van der Waals surface area contributed by atoms with Gasteiger partial charge >= 0.3 is 0 Å². The van der Waals surface area contributed by atoms with Gasteiger partial charge in [-0.1, -0.05) is 45.0 Å². The Morgan fingerprint density at radius 3 is 1.70 bits per heavy atom. The molecule has 0 spiro atoms. The standard InChI is InChI=1S/C19H20O4/c1-19(2,3)15-8-4-13(5-9-15)17(20)12-18(21)14-6-10-16(23-22)11-7-14/h4-11,22H,12H2,1-3H3. The molecule has 0 saturated carbocycles. The molecule has 0 aromatic heterocycles. The molecule has 0 atom stereocenters. The van der Waals surface area contributed by atoms with Crippen LogP contribution in [0.3, 0.4) is 0 Å². The van der Waals surface area contributed by atoms with Crippen molar-refractivity contribution in [2.24, 2.45) is 0 Å². The molecule has 4 nitrogen and oxygen atoms in total. The third kappa shape index (κ3) is 4.27. The average Bonchev–Trinajstić information content (AvgIpc) is 2.54. The molecule has 120 valence electrons. The lowest BCUT2D eigenvalue weighted by Gasteiger charge is -2.18. The molecule has 0 bridgehead atoms. The summed E-state index contributed by atoms with van der Waals surface area (Å²) in [7, 11) is 0. The van der Waals surface area contributed by atoms with Gasteiger partial charge in [0.1, 0.15) is 0 Å². The predicted molar refractivity (Wildman–Crippen MR) is 88.1 cm³/mol. The molecule has 0 unspecified atom stereocenters. The maximum atomic E-state index is 12.2. The summed E-state index contributed by atoms with van der Waals surface area (Å²) in [4.78, 5) is 28.4. The molecule has 0 aliphatic rings. The van der Waals surface area contributed by atoms with Crippen LogP contribution in [0.4, 0.5) is 0 Å². The van der Waals surface area contributed by atoms with E-state index in [0.717, 1.165) is 5.56 Å². The smallest absolute Gasteiger partial charge is 0.170 e. The summed E-state index contributed by atoms with van der Waals surface area (Å²) in [5, 5.41) is 8.50. The minimum absolute atomic E-state index is 0.0217. The van der Waals surface area contributed by atoms with E-state index in [2.05, 4.69) is 25.7 Å². The van der Waals surface area contributed by atoms with E-state index in [4.69, 9.17) is 5.26 Å². The average molecular weight is 312 g/mol. The highest BCUT2D eigenvalue weighted by Gasteiger charge is 2.16. The second kappa shape index (κ2) is 6.75. The molecule has 0 saturated heterocycles. The molecule has 0 radical (unpaired) electrons. The number of rotatable bonds is 5. The molecule has 2 rings (SSSR count). The fourth-order valence-electron chi connectivity index (χ4n) is 2.21. The first-order chi connectivity index (χ1) is 10.8. The van der Waals surface area contributed by atoms with Crippen LogP contribution in [0.15, 0.2) is 48.5 Å². The second-order valence-corrected chi connectivity index (χ2v) is 6.47. The van der Waals surface area contributed by atoms with Gasteiger partial charge in [-0.2, -0.15) is 0 Å². The van der Waals surface area contributed by atoms with E-state index in [0.29, 0.717) is 11.1 Å². The van der Waals surface area contributed by atoms with Crippen LogP contribution < -0.4 is 4.89 Å². The number of Topliss-reactive ketones (excluding diaryl/α,β-unsaturated/α-hetero) is 2. The monoisotopic (exact) mass is 312 g/mol. The summed E-state index contributed by atoms with van der Waals surface area (Å²) >= 11 is 0. The zero-order valence-corrected chi connectivity index (χ0v) is 13.5. The molecule has 0 heterocycles. The van der Waals surface area contributed by atoms with Crippen molar-refractivity contribution in [1.29, 1.82) is 0 Å². The predicted octanol–water partition coefficient (Wildman–Crippen LogP) is 4.29. The van der Waals surface area contributed by atoms with Crippen molar-refractivity contribution in [2.45, 2.75) is 32.6 Å². The fourth-order valence-corrected chi connectivity index (χ4v) is 2.21. The largest absolute Gasteiger partial charge is 0.340 e. The fraction of sp³-hybridized carbons (Fsp3) is 0.263. The molecule has 1 N–H and O–H groups in total. The van der Waals surface area contributed by atoms with Gasteiger partial charge < -0.3 is 4.89 Å². The first-order valence-electron chi connectivity index (χ1n) is 7.39. The molecular formula is C19H20O4. The minimum Gasteiger partial charge on any atom is -0.340 e. The molecule has 0 amide bonds. The van der Waals surface area contributed by atoms with E-state index >= 15 is 0 Å². The minimum atomic E-state index is -0.264. The first kappa shape index (κ1) is 16.9. The number of ketones is 2. The second-order valence-electron chi connectivity index (χ2n) is 6.47. The SMILES string of the molecule is CC(C)(C)c1ccc(C(=O)CC(=O)c2ccc(OO)cc2)cc1. The van der Waals surface area contributed by atoms with E-state index in [9.17, 15) is 9.59 Å². The van der Waals surface area contributed by atoms with Crippen LogP contribution in [0.25, 0.3) is 0 Å². The van der Waals surface area contributed by atoms with Crippen LogP contribution in [0.2, 0.25) is 0 Å². The molecule has 0 aliphatic carbocycles. The maximum absolute atomic E-state index is 12.2. The van der Waals surface area contributed by atoms with Gasteiger partial charge in [-0.25, -0.2) is 5.26 Å². The van der Waals surface area contributed by atoms with Crippen LogP contribution in [0.1, 0.15) is 53.5 Å². The van der Waals surface area contributed by atoms with E-state index in [1.807, 2.05) is 12.1 Å².